The van der Waals surface area contributed by atoms with Crippen molar-refractivity contribution in [2.75, 3.05) is 17.2 Å². The second-order valence-corrected chi connectivity index (χ2v) is 6.31. The Balaban J connectivity index is 1.82. The largest absolute Gasteiger partial charge is 0.477 e. The molecule has 27 heavy (non-hydrogen) atoms. The number of anilines is 2. The van der Waals surface area contributed by atoms with Gasteiger partial charge in [-0.15, -0.1) is 5.10 Å². The Kier molecular flexibility index (Phi) is 3.90. The zero-order valence-electron chi connectivity index (χ0n) is 13.8. The van der Waals surface area contributed by atoms with Crippen molar-refractivity contribution in [2.45, 2.75) is 18.6 Å². The Hall–Kier alpha value is -3.30. The van der Waals surface area contributed by atoms with Gasteiger partial charge in [0.05, 0.1) is 18.1 Å². The standard InChI is InChI=1S/C17H14F3N5O2/c18-8-1-2-11(20)10(3-8)12-4-9(19)6-24(12)14-5-13-15(17(26)27)16(21)23-25(13)7-22-14/h1-3,5,7,9,12H,4,6H2,(H2,21,23)(H,26,27)/t9-,12+/m0/s1. The summed E-state index contributed by atoms with van der Waals surface area (Å²) >= 11 is 0. The van der Waals surface area contributed by atoms with Gasteiger partial charge in [-0.3, -0.25) is 0 Å². The molecule has 0 spiro atoms. The number of aromatic nitrogens is 3. The van der Waals surface area contributed by atoms with E-state index in [1.54, 1.807) is 0 Å². The van der Waals surface area contributed by atoms with E-state index in [-0.39, 0.29) is 41.2 Å². The summed E-state index contributed by atoms with van der Waals surface area (Å²) in [6.45, 7) is -0.0875. The number of alkyl halides is 1. The van der Waals surface area contributed by atoms with Gasteiger partial charge in [-0.05, 0) is 18.2 Å². The highest BCUT2D eigenvalue weighted by molar-refractivity contribution is 6.00. The van der Waals surface area contributed by atoms with Crippen molar-refractivity contribution in [3.8, 4) is 0 Å². The van der Waals surface area contributed by atoms with E-state index in [0.29, 0.717) is 0 Å². The molecular weight excluding hydrogens is 363 g/mol. The smallest absolute Gasteiger partial charge is 0.341 e. The number of carboxylic acids is 1. The first kappa shape index (κ1) is 17.1. The Bertz CT molecular complexity index is 1050. The highest BCUT2D eigenvalue weighted by atomic mass is 19.1. The zero-order valence-corrected chi connectivity index (χ0v) is 13.8. The Morgan fingerprint density at radius 3 is 2.81 bits per heavy atom. The van der Waals surface area contributed by atoms with Crippen LogP contribution in [0.4, 0.5) is 24.8 Å². The molecule has 140 valence electrons. The van der Waals surface area contributed by atoms with Crippen molar-refractivity contribution in [1.29, 1.82) is 0 Å². The van der Waals surface area contributed by atoms with Crippen LogP contribution in [0, 0.1) is 11.6 Å². The quantitative estimate of drug-likeness (QED) is 0.728. The van der Waals surface area contributed by atoms with Crippen LogP contribution in [-0.2, 0) is 0 Å². The highest BCUT2D eigenvalue weighted by Gasteiger charge is 2.36. The van der Waals surface area contributed by atoms with Gasteiger partial charge < -0.3 is 15.7 Å². The Morgan fingerprint density at radius 2 is 2.07 bits per heavy atom. The molecular formula is C17H14F3N5O2. The van der Waals surface area contributed by atoms with Crippen LogP contribution in [0.2, 0.25) is 0 Å². The number of nitrogen functional groups attached to an aromatic ring is 1. The zero-order chi connectivity index (χ0) is 19.3. The van der Waals surface area contributed by atoms with Gasteiger partial charge in [0.2, 0.25) is 0 Å². The molecule has 0 unspecified atom stereocenters. The van der Waals surface area contributed by atoms with Gasteiger partial charge in [-0.1, -0.05) is 0 Å². The molecule has 1 aliphatic rings. The molecule has 7 nitrogen and oxygen atoms in total. The van der Waals surface area contributed by atoms with Crippen molar-refractivity contribution in [1.82, 2.24) is 14.6 Å². The first-order chi connectivity index (χ1) is 12.8. The van der Waals surface area contributed by atoms with Crippen LogP contribution < -0.4 is 10.6 Å². The number of carbonyl (C=O) groups is 1. The number of halogens is 3. The molecule has 0 amide bonds. The molecule has 2 atom stereocenters. The maximum atomic E-state index is 14.2. The lowest BCUT2D eigenvalue weighted by Crippen LogP contribution is -2.25. The fourth-order valence-electron chi connectivity index (χ4n) is 3.44. The second kappa shape index (κ2) is 6.15. The van der Waals surface area contributed by atoms with Crippen LogP contribution >= 0.6 is 0 Å². The van der Waals surface area contributed by atoms with Crippen LogP contribution in [0.3, 0.4) is 0 Å². The maximum absolute atomic E-state index is 14.2. The van der Waals surface area contributed by atoms with E-state index >= 15 is 0 Å². The molecule has 10 heteroatoms. The number of nitrogens with zero attached hydrogens (tertiary/aromatic N) is 4. The van der Waals surface area contributed by atoms with Gasteiger partial charge in [0.1, 0.15) is 35.5 Å². The fraction of sp³-hybridized carbons (Fsp3) is 0.235. The third-order valence-electron chi connectivity index (χ3n) is 4.61. The first-order valence-corrected chi connectivity index (χ1v) is 8.08. The third kappa shape index (κ3) is 2.82. The molecule has 0 saturated carbocycles. The van der Waals surface area contributed by atoms with E-state index in [1.807, 2.05) is 0 Å². The molecule has 0 bridgehead atoms. The monoisotopic (exact) mass is 377 g/mol. The number of carboxylic acid groups (broad SMARTS) is 1. The summed E-state index contributed by atoms with van der Waals surface area (Å²) in [5, 5.41) is 13.2. The predicted octanol–water partition coefficient (Wildman–Crippen LogP) is 2.58. The van der Waals surface area contributed by atoms with E-state index < -0.39 is 29.8 Å². The van der Waals surface area contributed by atoms with E-state index in [2.05, 4.69) is 10.1 Å². The molecule has 1 aliphatic heterocycles. The molecule has 0 aliphatic carbocycles. The molecule has 3 heterocycles. The molecule has 1 saturated heterocycles. The SMILES string of the molecule is Nc1nn2cnc(N3C[C@@H](F)C[C@@H]3c3cc(F)ccc3F)cc2c1C(=O)O. The lowest BCUT2D eigenvalue weighted by molar-refractivity contribution is 0.0700. The van der Waals surface area contributed by atoms with Gasteiger partial charge in [-0.2, -0.15) is 0 Å². The van der Waals surface area contributed by atoms with Crippen LogP contribution in [0.15, 0.2) is 30.6 Å². The average molecular weight is 377 g/mol. The van der Waals surface area contributed by atoms with Crippen molar-refractivity contribution >= 4 is 23.1 Å². The lowest BCUT2D eigenvalue weighted by Gasteiger charge is -2.26. The minimum absolute atomic E-state index is 0.0169. The molecule has 3 N–H and O–H groups in total. The fourth-order valence-corrected chi connectivity index (χ4v) is 3.44. The first-order valence-electron chi connectivity index (χ1n) is 8.08. The summed E-state index contributed by atoms with van der Waals surface area (Å²) in [6.07, 6.45) is -0.0667. The lowest BCUT2D eigenvalue weighted by atomic mass is 10.0. The summed E-state index contributed by atoms with van der Waals surface area (Å²) in [5.41, 5.74) is 5.61. The van der Waals surface area contributed by atoms with Gasteiger partial charge in [0.15, 0.2) is 5.82 Å². The number of nitrogens with two attached hydrogens (primary N) is 1. The number of rotatable bonds is 3. The van der Waals surface area contributed by atoms with Crippen LogP contribution in [0.1, 0.15) is 28.4 Å². The van der Waals surface area contributed by atoms with Crippen LogP contribution in [0.25, 0.3) is 5.52 Å². The second-order valence-electron chi connectivity index (χ2n) is 6.31. The minimum Gasteiger partial charge on any atom is -0.477 e. The van der Waals surface area contributed by atoms with E-state index in [9.17, 15) is 23.1 Å². The van der Waals surface area contributed by atoms with E-state index in [4.69, 9.17) is 5.73 Å². The van der Waals surface area contributed by atoms with Gasteiger partial charge in [0.25, 0.3) is 0 Å². The highest BCUT2D eigenvalue weighted by Crippen LogP contribution is 2.38. The van der Waals surface area contributed by atoms with E-state index in [0.717, 1.165) is 18.2 Å². The van der Waals surface area contributed by atoms with Crippen molar-refractivity contribution < 1.29 is 23.1 Å². The number of hydrogen-bond acceptors (Lipinski definition) is 5. The Labute approximate surface area is 150 Å². The van der Waals surface area contributed by atoms with Crippen LogP contribution in [0.5, 0.6) is 0 Å². The topological polar surface area (TPSA) is 96.8 Å². The summed E-state index contributed by atoms with van der Waals surface area (Å²) in [7, 11) is 0. The average Bonchev–Trinajstić information content (AvgIpc) is 3.15. The molecule has 2 aromatic heterocycles. The molecule has 4 rings (SSSR count). The molecule has 0 radical (unpaired) electrons. The van der Waals surface area contributed by atoms with Gasteiger partial charge in [0, 0.05) is 18.1 Å². The number of aromatic carboxylic acids is 1. The molecule has 1 fully saturated rings. The van der Waals surface area contributed by atoms with Gasteiger partial charge >= 0.3 is 5.97 Å². The third-order valence-corrected chi connectivity index (χ3v) is 4.61. The molecule has 1 aromatic carbocycles. The number of hydrogen-bond donors (Lipinski definition) is 2. The number of fused-ring (bicyclic) bond motifs is 1. The Morgan fingerprint density at radius 1 is 1.30 bits per heavy atom. The summed E-state index contributed by atoms with van der Waals surface area (Å²) in [4.78, 5) is 17.1. The van der Waals surface area contributed by atoms with Crippen molar-refractivity contribution in [3.05, 3.63) is 53.4 Å². The predicted molar refractivity (Wildman–Crippen MR) is 90.3 cm³/mol. The van der Waals surface area contributed by atoms with Crippen LogP contribution in [-0.4, -0.2) is 38.4 Å². The minimum atomic E-state index is -1.27. The summed E-state index contributed by atoms with van der Waals surface area (Å²) in [5.74, 6) is -2.51. The number of benzene rings is 1. The normalized spacial score (nSPS) is 19.7. The van der Waals surface area contributed by atoms with Gasteiger partial charge in [-0.25, -0.2) is 27.5 Å². The summed E-state index contributed by atoms with van der Waals surface area (Å²) in [6, 6.07) is 3.63. The van der Waals surface area contributed by atoms with Crippen molar-refractivity contribution in [3.63, 3.8) is 0 Å². The van der Waals surface area contributed by atoms with E-state index in [1.165, 1.54) is 21.8 Å². The maximum Gasteiger partial charge on any atom is 0.341 e. The summed E-state index contributed by atoms with van der Waals surface area (Å²) < 4.78 is 43.1. The van der Waals surface area contributed by atoms with Crippen molar-refractivity contribution in [2.24, 2.45) is 0 Å². The molecule has 3 aromatic rings.